The van der Waals surface area contributed by atoms with Crippen molar-refractivity contribution < 1.29 is 0 Å². The van der Waals surface area contributed by atoms with Gasteiger partial charge in [-0.2, -0.15) is 0 Å². The molecule has 0 radical (unpaired) electrons. The summed E-state index contributed by atoms with van der Waals surface area (Å²) in [5.41, 5.74) is 1.26. The maximum Gasteiger partial charge on any atom is 0.0410 e. The predicted octanol–water partition coefficient (Wildman–Crippen LogP) is 3.54. The minimum Gasteiger partial charge on any atom is -0.310 e. The molecule has 84 valence electrons. The van der Waals surface area contributed by atoms with Crippen LogP contribution in [0.5, 0.6) is 0 Å². The van der Waals surface area contributed by atoms with Crippen molar-refractivity contribution in [1.29, 1.82) is 0 Å². The Bertz CT molecular complexity index is 301. The van der Waals surface area contributed by atoms with Crippen LogP contribution >= 0.6 is 15.9 Å². The Kier molecular flexibility index (Phi) is 5.26. The molecule has 1 heterocycles. The molecule has 2 nitrogen and oxygen atoms in total. The van der Waals surface area contributed by atoms with E-state index in [0.29, 0.717) is 12.0 Å². The second-order valence-electron chi connectivity index (χ2n) is 3.86. The molecule has 0 aromatic carbocycles. The number of nitrogens with zero attached hydrogens (tertiary/aromatic N) is 1. The van der Waals surface area contributed by atoms with Crippen LogP contribution in [0.1, 0.15) is 38.8 Å². The topological polar surface area (TPSA) is 24.9 Å². The number of hydrogen-bond acceptors (Lipinski definition) is 2. The molecule has 15 heavy (non-hydrogen) atoms. The zero-order valence-electron chi connectivity index (χ0n) is 9.63. The molecule has 0 aliphatic carbocycles. The fraction of sp³-hybridized carbons (Fsp3) is 0.583. The lowest BCUT2D eigenvalue weighted by Crippen LogP contribution is -2.26. The van der Waals surface area contributed by atoms with Gasteiger partial charge in [0, 0.05) is 22.9 Å². The number of halogens is 1. The third kappa shape index (κ3) is 3.58. The summed E-state index contributed by atoms with van der Waals surface area (Å²) in [6.07, 6.45) is 4.94. The van der Waals surface area contributed by atoms with Crippen LogP contribution in [-0.2, 0) is 0 Å². The molecule has 0 aliphatic rings. The first-order valence-corrected chi connectivity index (χ1v) is 6.32. The average Bonchev–Trinajstić information content (AvgIpc) is 2.25. The molecule has 0 spiro atoms. The second-order valence-corrected chi connectivity index (χ2v) is 4.77. The van der Waals surface area contributed by atoms with E-state index < -0.39 is 0 Å². The molecule has 0 amide bonds. The summed E-state index contributed by atoms with van der Waals surface area (Å²) in [4.78, 5) is 4.22. The van der Waals surface area contributed by atoms with Crippen LogP contribution in [0.3, 0.4) is 0 Å². The van der Waals surface area contributed by atoms with Gasteiger partial charge in [-0.25, -0.2) is 0 Å². The summed E-state index contributed by atoms with van der Waals surface area (Å²) in [5.74, 6) is 0.626. The highest BCUT2D eigenvalue weighted by molar-refractivity contribution is 9.10. The molecule has 3 heteroatoms. The number of pyridine rings is 1. The minimum absolute atomic E-state index is 0.407. The Morgan fingerprint density at radius 1 is 1.40 bits per heavy atom. The van der Waals surface area contributed by atoms with E-state index in [0.717, 1.165) is 11.0 Å². The van der Waals surface area contributed by atoms with Crippen molar-refractivity contribution in [3.63, 3.8) is 0 Å². The summed E-state index contributed by atoms with van der Waals surface area (Å²) in [6, 6.07) is 2.55. The second kappa shape index (κ2) is 6.23. The van der Waals surface area contributed by atoms with Gasteiger partial charge in [0.2, 0.25) is 0 Å². The van der Waals surface area contributed by atoms with Crippen LogP contribution in [-0.4, -0.2) is 11.5 Å². The average molecular weight is 271 g/mol. The fourth-order valence-corrected chi connectivity index (χ4v) is 2.08. The van der Waals surface area contributed by atoms with Gasteiger partial charge in [-0.05, 0) is 40.0 Å². The number of rotatable bonds is 5. The molecular weight excluding hydrogens is 252 g/mol. The van der Waals surface area contributed by atoms with E-state index in [2.05, 4.69) is 53.1 Å². The molecular formula is C12H19BrN2. The summed E-state index contributed by atoms with van der Waals surface area (Å²) >= 11 is 3.46. The van der Waals surface area contributed by atoms with E-state index in [4.69, 9.17) is 0 Å². The zero-order chi connectivity index (χ0) is 11.3. The Morgan fingerprint density at radius 3 is 2.67 bits per heavy atom. The number of hydrogen-bond donors (Lipinski definition) is 1. The molecule has 1 N–H and O–H groups in total. The van der Waals surface area contributed by atoms with Crippen molar-refractivity contribution in [3.05, 3.63) is 28.5 Å². The predicted molar refractivity (Wildman–Crippen MR) is 67.8 cm³/mol. The molecule has 1 aromatic heterocycles. The summed E-state index contributed by atoms with van der Waals surface area (Å²) < 4.78 is 1.05. The van der Waals surface area contributed by atoms with Crippen LogP contribution in [0.4, 0.5) is 0 Å². The van der Waals surface area contributed by atoms with Gasteiger partial charge in [0.1, 0.15) is 0 Å². The molecule has 0 fully saturated rings. The molecule has 1 rings (SSSR count). The molecule has 1 aromatic rings. The van der Waals surface area contributed by atoms with E-state index >= 15 is 0 Å². The Labute approximate surface area is 101 Å². The van der Waals surface area contributed by atoms with Crippen molar-refractivity contribution in [2.24, 2.45) is 5.92 Å². The molecule has 2 atom stereocenters. The van der Waals surface area contributed by atoms with Gasteiger partial charge in [0.15, 0.2) is 0 Å². The van der Waals surface area contributed by atoms with E-state index in [1.54, 1.807) is 0 Å². The third-order valence-corrected chi connectivity index (χ3v) is 3.16. The molecule has 0 bridgehead atoms. The van der Waals surface area contributed by atoms with Gasteiger partial charge in [0.25, 0.3) is 0 Å². The van der Waals surface area contributed by atoms with Crippen molar-refractivity contribution in [3.8, 4) is 0 Å². The standard InChI is InChI=1S/C12H19BrN2/c1-4-9(3)12(15-5-2)10-6-11(13)8-14-7-10/h6-9,12,15H,4-5H2,1-3H3. The minimum atomic E-state index is 0.407. The van der Waals surface area contributed by atoms with Crippen molar-refractivity contribution in [2.75, 3.05) is 6.54 Å². The first kappa shape index (κ1) is 12.7. The highest BCUT2D eigenvalue weighted by Crippen LogP contribution is 2.25. The third-order valence-electron chi connectivity index (χ3n) is 2.72. The van der Waals surface area contributed by atoms with Crippen LogP contribution in [0.25, 0.3) is 0 Å². The van der Waals surface area contributed by atoms with Gasteiger partial charge in [-0.1, -0.05) is 27.2 Å². The maximum atomic E-state index is 4.22. The van der Waals surface area contributed by atoms with E-state index in [1.807, 2.05) is 12.4 Å². The van der Waals surface area contributed by atoms with Gasteiger partial charge < -0.3 is 5.32 Å². The van der Waals surface area contributed by atoms with Crippen molar-refractivity contribution in [1.82, 2.24) is 10.3 Å². The van der Waals surface area contributed by atoms with Crippen LogP contribution in [0.15, 0.2) is 22.9 Å². The molecule has 0 aliphatic heterocycles. The number of aromatic nitrogens is 1. The van der Waals surface area contributed by atoms with Gasteiger partial charge >= 0.3 is 0 Å². The van der Waals surface area contributed by atoms with Crippen molar-refractivity contribution >= 4 is 15.9 Å². The van der Waals surface area contributed by atoms with Gasteiger partial charge in [0.05, 0.1) is 0 Å². The lowest BCUT2D eigenvalue weighted by molar-refractivity contribution is 0.383. The van der Waals surface area contributed by atoms with E-state index in [-0.39, 0.29) is 0 Å². The smallest absolute Gasteiger partial charge is 0.0410 e. The summed E-state index contributed by atoms with van der Waals surface area (Å²) in [5, 5.41) is 3.52. The Balaban J connectivity index is 2.88. The molecule has 2 unspecified atom stereocenters. The van der Waals surface area contributed by atoms with Crippen LogP contribution in [0.2, 0.25) is 0 Å². The summed E-state index contributed by atoms with van der Waals surface area (Å²) in [6.45, 7) is 7.62. The summed E-state index contributed by atoms with van der Waals surface area (Å²) in [7, 11) is 0. The highest BCUT2D eigenvalue weighted by Gasteiger charge is 2.17. The Morgan fingerprint density at radius 2 is 2.13 bits per heavy atom. The normalized spacial score (nSPS) is 14.9. The van der Waals surface area contributed by atoms with Crippen LogP contribution < -0.4 is 5.32 Å². The van der Waals surface area contributed by atoms with Gasteiger partial charge in [-0.3, -0.25) is 4.98 Å². The fourth-order valence-electron chi connectivity index (χ4n) is 1.70. The zero-order valence-corrected chi connectivity index (χ0v) is 11.2. The maximum absolute atomic E-state index is 4.22. The van der Waals surface area contributed by atoms with Crippen molar-refractivity contribution in [2.45, 2.75) is 33.2 Å². The van der Waals surface area contributed by atoms with Gasteiger partial charge in [-0.15, -0.1) is 0 Å². The molecule has 0 saturated carbocycles. The quantitative estimate of drug-likeness (QED) is 0.886. The monoisotopic (exact) mass is 270 g/mol. The highest BCUT2D eigenvalue weighted by atomic mass is 79.9. The van der Waals surface area contributed by atoms with E-state index in [1.165, 1.54) is 12.0 Å². The lowest BCUT2D eigenvalue weighted by Gasteiger charge is -2.24. The Hall–Kier alpha value is -0.410. The first-order valence-electron chi connectivity index (χ1n) is 5.52. The largest absolute Gasteiger partial charge is 0.310 e. The first-order chi connectivity index (χ1) is 7.19. The van der Waals surface area contributed by atoms with Crippen LogP contribution in [0, 0.1) is 5.92 Å². The molecule has 0 saturated heterocycles. The van der Waals surface area contributed by atoms with E-state index in [9.17, 15) is 0 Å². The SMILES string of the molecule is CCNC(c1cncc(Br)c1)C(C)CC. The number of nitrogens with one attached hydrogen (secondary N) is 1. The lowest BCUT2D eigenvalue weighted by atomic mass is 9.93.